The molecule has 0 bridgehead atoms. The Morgan fingerprint density at radius 3 is 2.68 bits per heavy atom. The number of nitrogens with one attached hydrogen (secondary N) is 1. The van der Waals surface area contributed by atoms with Gasteiger partial charge in [0.15, 0.2) is 0 Å². The first kappa shape index (κ1) is 12.6. The highest BCUT2D eigenvalue weighted by Crippen LogP contribution is 2.44. The van der Waals surface area contributed by atoms with Crippen LogP contribution in [-0.2, 0) is 0 Å². The van der Waals surface area contributed by atoms with Crippen LogP contribution in [0.5, 0.6) is 0 Å². The Morgan fingerprint density at radius 1 is 1.32 bits per heavy atom. The van der Waals surface area contributed by atoms with E-state index in [2.05, 4.69) is 40.1 Å². The van der Waals surface area contributed by atoms with Gasteiger partial charge in [0.25, 0.3) is 0 Å². The van der Waals surface area contributed by atoms with Crippen molar-refractivity contribution >= 4 is 11.4 Å². The van der Waals surface area contributed by atoms with E-state index in [0.29, 0.717) is 0 Å². The van der Waals surface area contributed by atoms with Gasteiger partial charge < -0.3 is 10.2 Å². The van der Waals surface area contributed by atoms with Gasteiger partial charge in [0, 0.05) is 31.7 Å². The molecule has 2 fully saturated rings. The van der Waals surface area contributed by atoms with Gasteiger partial charge in [0.05, 0.1) is 5.69 Å². The maximum absolute atomic E-state index is 4.59. The quantitative estimate of drug-likeness (QED) is 0.900. The monoisotopic (exact) mass is 258 g/mol. The number of piperazine rings is 1. The molecule has 0 amide bonds. The normalized spacial score (nSPS) is 20.7. The molecule has 1 aliphatic heterocycles. The van der Waals surface area contributed by atoms with Crippen molar-refractivity contribution in [3.8, 4) is 0 Å². The van der Waals surface area contributed by atoms with Crippen LogP contribution in [0.25, 0.3) is 5.57 Å². The third-order valence-corrected chi connectivity index (χ3v) is 4.05. The van der Waals surface area contributed by atoms with Crippen LogP contribution in [0.15, 0.2) is 12.4 Å². The van der Waals surface area contributed by atoms with Gasteiger partial charge in [-0.2, -0.15) is 0 Å². The van der Waals surface area contributed by atoms with Crippen LogP contribution < -0.4 is 10.2 Å². The van der Waals surface area contributed by atoms with Crippen LogP contribution in [-0.4, -0.2) is 36.1 Å². The van der Waals surface area contributed by atoms with Gasteiger partial charge in [-0.1, -0.05) is 6.08 Å². The summed E-state index contributed by atoms with van der Waals surface area (Å²) in [4.78, 5) is 11.4. The molecule has 1 N–H and O–H groups in total. The van der Waals surface area contributed by atoms with Crippen molar-refractivity contribution in [3.05, 3.63) is 23.7 Å². The summed E-state index contributed by atoms with van der Waals surface area (Å²) in [5, 5.41) is 3.40. The summed E-state index contributed by atoms with van der Waals surface area (Å²) in [5.74, 6) is 1.87. The van der Waals surface area contributed by atoms with Gasteiger partial charge in [-0.3, -0.25) is 0 Å². The maximum Gasteiger partial charge on any atom is 0.139 e. The molecule has 1 saturated heterocycles. The molecular weight excluding hydrogens is 236 g/mol. The Bertz CT molecular complexity index is 485. The standard InChI is InChI=1S/C15H22N4/c1-3-13(12-4-5-12)14-11(2)17-10-18-15(14)19-8-6-16-7-9-19/h3,10,12,16H,4-9H2,1-2H3/b13-3-. The lowest BCUT2D eigenvalue weighted by atomic mass is 9.99. The van der Waals surface area contributed by atoms with Crippen molar-refractivity contribution in [3.63, 3.8) is 0 Å². The lowest BCUT2D eigenvalue weighted by Gasteiger charge is -2.30. The minimum atomic E-state index is 0.733. The third-order valence-electron chi connectivity index (χ3n) is 4.05. The zero-order chi connectivity index (χ0) is 13.2. The Morgan fingerprint density at radius 2 is 2.05 bits per heavy atom. The van der Waals surface area contributed by atoms with E-state index >= 15 is 0 Å². The molecule has 2 aliphatic rings. The highest BCUT2D eigenvalue weighted by molar-refractivity contribution is 5.78. The van der Waals surface area contributed by atoms with Crippen molar-refractivity contribution in [2.45, 2.75) is 26.7 Å². The molecule has 102 valence electrons. The molecule has 1 aromatic rings. The first-order valence-corrected chi connectivity index (χ1v) is 7.25. The number of hydrogen-bond donors (Lipinski definition) is 1. The first-order valence-electron chi connectivity index (χ1n) is 7.25. The molecule has 0 atom stereocenters. The molecule has 4 nitrogen and oxygen atoms in total. The molecule has 1 aromatic heterocycles. The average Bonchev–Trinajstić information content (AvgIpc) is 3.27. The summed E-state index contributed by atoms with van der Waals surface area (Å²) in [6, 6.07) is 0. The molecule has 0 unspecified atom stereocenters. The lowest BCUT2D eigenvalue weighted by molar-refractivity contribution is 0.583. The highest BCUT2D eigenvalue weighted by Gasteiger charge is 2.30. The average molecular weight is 258 g/mol. The van der Waals surface area contributed by atoms with Gasteiger partial charge in [0.1, 0.15) is 12.1 Å². The van der Waals surface area contributed by atoms with Crippen LogP contribution in [0, 0.1) is 12.8 Å². The van der Waals surface area contributed by atoms with Crippen molar-refractivity contribution in [1.29, 1.82) is 0 Å². The number of rotatable bonds is 3. The van der Waals surface area contributed by atoms with Crippen LogP contribution in [0.2, 0.25) is 0 Å². The largest absolute Gasteiger partial charge is 0.353 e. The molecule has 4 heteroatoms. The molecule has 0 radical (unpaired) electrons. The smallest absolute Gasteiger partial charge is 0.139 e. The molecule has 19 heavy (non-hydrogen) atoms. The predicted molar refractivity (Wildman–Crippen MR) is 78.2 cm³/mol. The van der Waals surface area contributed by atoms with Crippen LogP contribution in [0.4, 0.5) is 5.82 Å². The highest BCUT2D eigenvalue weighted by atomic mass is 15.2. The third kappa shape index (κ3) is 2.50. The Kier molecular flexibility index (Phi) is 3.51. The number of hydrogen-bond acceptors (Lipinski definition) is 4. The molecule has 1 saturated carbocycles. The fraction of sp³-hybridized carbons (Fsp3) is 0.600. The van der Waals surface area contributed by atoms with E-state index in [0.717, 1.165) is 43.6 Å². The second-order valence-corrected chi connectivity index (χ2v) is 5.41. The van der Waals surface area contributed by atoms with Crippen molar-refractivity contribution in [2.75, 3.05) is 31.1 Å². The van der Waals surface area contributed by atoms with Crippen molar-refractivity contribution < 1.29 is 0 Å². The summed E-state index contributed by atoms with van der Waals surface area (Å²) in [7, 11) is 0. The Labute approximate surface area is 114 Å². The van der Waals surface area contributed by atoms with Gasteiger partial charge in [-0.15, -0.1) is 0 Å². The Hall–Kier alpha value is -1.42. The summed E-state index contributed by atoms with van der Waals surface area (Å²) >= 11 is 0. The molecule has 3 rings (SSSR count). The van der Waals surface area contributed by atoms with Crippen molar-refractivity contribution in [2.24, 2.45) is 5.92 Å². The summed E-state index contributed by atoms with van der Waals surface area (Å²) in [5.41, 5.74) is 3.85. The zero-order valence-electron chi connectivity index (χ0n) is 11.8. The van der Waals surface area contributed by atoms with Crippen LogP contribution in [0.3, 0.4) is 0 Å². The van der Waals surface area contributed by atoms with E-state index in [1.54, 1.807) is 6.33 Å². The van der Waals surface area contributed by atoms with E-state index in [9.17, 15) is 0 Å². The van der Waals surface area contributed by atoms with E-state index in [-0.39, 0.29) is 0 Å². The second-order valence-electron chi connectivity index (χ2n) is 5.41. The van der Waals surface area contributed by atoms with E-state index in [1.165, 1.54) is 24.0 Å². The fourth-order valence-corrected chi connectivity index (χ4v) is 2.89. The van der Waals surface area contributed by atoms with E-state index < -0.39 is 0 Å². The van der Waals surface area contributed by atoms with Gasteiger partial charge >= 0.3 is 0 Å². The number of nitrogens with zero attached hydrogens (tertiary/aromatic N) is 3. The van der Waals surface area contributed by atoms with Crippen LogP contribution in [0.1, 0.15) is 31.0 Å². The minimum Gasteiger partial charge on any atom is -0.353 e. The first-order chi connectivity index (χ1) is 9.31. The number of anilines is 1. The maximum atomic E-state index is 4.59. The SMILES string of the molecule is C/C=C(\c1c(C)ncnc1N1CCNCC1)C1CC1. The van der Waals surface area contributed by atoms with E-state index in [1.807, 2.05) is 0 Å². The molecule has 0 aromatic carbocycles. The number of aromatic nitrogens is 2. The number of aryl methyl sites for hydroxylation is 1. The summed E-state index contributed by atoms with van der Waals surface area (Å²) in [6.07, 6.45) is 6.59. The summed E-state index contributed by atoms with van der Waals surface area (Å²) < 4.78 is 0. The van der Waals surface area contributed by atoms with E-state index in [4.69, 9.17) is 0 Å². The molecular formula is C15H22N4. The summed E-state index contributed by atoms with van der Waals surface area (Å²) in [6.45, 7) is 8.39. The number of allylic oxidation sites excluding steroid dienone is 2. The topological polar surface area (TPSA) is 41.1 Å². The molecule has 1 aliphatic carbocycles. The molecule has 2 heterocycles. The fourth-order valence-electron chi connectivity index (χ4n) is 2.89. The Balaban J connectivity index is 2.01. The van der Waals surface area contributed by atoms with Gasteiger partial charge in [-0.05, 0) is 38.2 Å². The van der Waals surface area contributed by atoms with Crippen molar-refractivity contribution in [1.82, 2.24) is 15.3 Å². The molecule has 0 spiro atoms. The second kappa shape index (κ2) is 5.29. The zero-order valence-corrected chi connectivity index (χ0v) is 11.8. The van der Waals surface area contributed by atoms with Gasteiger partial charge in [-0.25, -0.2) is 9.97 Å². The lowest BCUT2D eigenvalue weighted by Crippen LogP contribution is -2.44. The minimum absolute atomic E-state index is 0.733. The van der Waals surface area contributed by atoms with Gasteiger partial charge in [0.2, 0.25) is 0 Å². The van der Waals surface area contributed by atoms with Crippen LogP contribution >= 0.6 is 0 Å². The predicted octanol–water partition coefficient (Wildman–Crippen LogP) is 2.01.